The predicted molar refractivity (Wildman–Crippen MR) is 93.4 cm³/mol. The minimum absolute atomic E-state index is 0. The number of halogens is 1. The van der Waals surface area contributed by atoms with Gasteiger partial charge in [-0.05, 0) is 44.1 Å². The summed E-state index contributed by atoms with van der Waals surface area (Å²) in [5.41, 5.74) is 7.36. The molecule has 0 aliphatic carbocycles. The molecule has 1 aliphatic heterocycles. The smallest absolute Gasteiger partial charge is 0.238 e. The molecule has 1 aliphatic rings. The molecule has 0 aromatic heterocycles. The first kappa shape index (κ1) is 19.4. The number of benzene rings is 1. The van der Waals surface area contributed by atoms with E-state index in [2.05, 4.69) is 15.5 Å². The second-order valence-corrected chi connectivity index (χ2v) is 5.75. The number of nitrogens with two attached hydrogens (primary N) is 1. The topological polar surface area (TPSA) is 87.5 Å². The highest BCUT2D eigenvalue weighted by Crippen LogP contribution is 2.19. The summed E-state index contributed by atoms with van der Waals surface area (Å²) >= 11 is 0. The van der Waals surface area contributed by atoms with E-state index in [1.54, 1.807) is 7.05 Å². The van der Waals surface area contributed by atoms with Crippen LogP contribution in [0.5, 0.6) is 0 Å². The number of anilines is 1. The van der Waals surface area contributed by atoms with Crippen molar-refractivity contribution < 1.29 is 9.59 Å². The standard InChI is InChI=1S/C16H24N4O2.ClH/c1-18-9-15(21)19-14-6-4-12(5-7-14)10-20-8-2-3-13(11-20)16(17)22;/h4-7,13,18H,2-3,8-11H2,1H3,(H2,17,22)(H,19,21);1H. The lowest BCUT2D eigenvalue weighted by molar-refractivity contribution is -0.123. The molecular formula is C16H25ClN4O2. The zero-order valence-electron chi connectivity index (χ0n) is 13.4. The Morgan fingerprint density at radius 3 is 2.61 bits per heavy atom. The lowest BCUT2D eigenvalue weighted by Crippen LogP contribution is -2.40. The molecule has 1 atom stereocenters. The first-order chi connectivity index (χ1) is 10.6. The third kappa shape index (κ3) is 6.17. The zero-order valence-corrected chi connectivity index (χ0v) is 14.2. The van der Waals surface area contributed by atoms with Gasteiger partial charge in [0.25, 0.3) is 0 Å². The maximum absolute atomic E-state index is 11.5. The molecule has 1 fully saturated rings. The van der Waals surface area contributed by atoms with Crippen LogP contribution < -0.4 is 16.4 Å². The van der Waals surface area contributed by atoms with Gasteiger partial charge >= 0.3 is 0 Å². The third-order valence-corrected chi connectivity index (χ3v) is 3.89. The number of nitrogens with one attached hydrogen (secondary N) is 2. The third-order valence-electron chi connectivity index (χ3n) is 3.89. The summed E-state index contributed by atoms with van der Waals surface area (Å²) in [5, 5.41) is 5.63. The Morgan fingerprint density at radius 2 is 2.00 bits per heavy atom. The van der Waals surface area contributed by atoms with Crippen LogP contribution in [0.25, 0.3) is 0 Å². The second-order valence-electron chi connectivity index (χ2n) is 5.75. The van der Waals surface area contributed by atoms with Gasteiger partial charge in [-0.1, -0.05) is 12.1 Å². The first-order valence-electron chi connectivity index (χ1n) is 7.63. The summed E-state index contributed by atoms with van der Waals surface area (Å²) in [6.45, 7) is 2.82. The van der Waals surface area contributed by atoms with Crippen LogP contribution in [-0.4, -0.2) is 43.4 Å². The number of nitrogens with zero attached hydrogens (tertiary/aromatic N) is 1. The van der Waals surface area contributed by atoms with E-state index in [0.29, 0.717) is 6.54 Å². The van der Waals surface area contributed by atoms with Gasteiger partial charge in [0.1, 0.15) is 0 Å². The van der Waals surface area contributed by atoms with Crippen molar-refractivity contribution in [1.29, 1.82) is 0 Å². The number of piperidine rings is 1. The fraction of sp³-hybridized carbons (Fsp3) is 0.500. The monoisotopic (exact) mass is 340 g/mol. The molecule has 2 amide bonds. The van der Waals surface area contributed by atoms with Gasteiger partial charge in [-0.2, -0.15) is 0 Å². The van der Waals surface area contributed by atoms with E-state index in [-0.39, 0.29) is 30.1 Å². The summed E-state index contributed by atoms with van der Waals surface area (Å²) in [7, 11) is 1.74. The fourth-order valence-electron chi connectivity index (χ4n) is 2.75. The first-order valence-corrected chi connectivity index (χ1v) is 7.63. The van der Waals surface area contributed by atoms with Crippen molar-refractivity contribution in [1.82, 2.24) is 10.2 Å². The Balaban J connectivity index is 0.00000264. The highest BCUT2D eigenvalue weighted by molar-refractivity contribution is 5.92. The van der Waals surface area contributed by atoms with E-state index in [1.165, 1.54) is 0 Å². The number of carbonyl (C=O) groups excluding carboxylic acids is 2. The summed E-state index contributed by atoms with van der Waals surface area (Å²) in [5.74, 6) is -0.295. The number of primary amides is 1. The SMILES string of the molecule is CNCC(=O)Nc1ccc(CN2CCCC(C(N)=O)C2)cc1.Cl. The molecule has 0 radical (unpaired) electrons. The Morgan fingerprint density at radius 1 is 1.30 bits per heavy atom. The number of likely N-dealkylation sites (N-methyl/N-ethyl adjacent to an activating group) is 1. The second kappa shape index (κ2) is 9.50. The van der Waals surface area contributed by atoms with Gasteiger partial charge in [-0.25, -0.2) is 0 Å². The number of likely N-dealkylation sites (tertiary alicyclic amines) is 1. The van der Waals surface area contributed by atoms with Crippen molar-refractivity contribution in [3.05, 3.63) is 29.8 Å². The fourth-order valence-corrected chi connectivity index (χ4v) is 2.75. The van der Waals surface area contributed by atoms with Gasteiger partial charge in [-0.3, -0.25) is 14.5 Å². The van der Waals surface area contributed by atoms with Crippen molar-refractivity contribution >= 4 is 29.9 Å². The molecule has 1 heterocycles. The minimum Gasteiger partial charge on any atom is -0.369 e. The molecule has 1 unspecified atom stereocenters. The molecule has 1 aromatic rings. The van der Waals surface area contributed by atoms with Crippen LogP contribution in [0.4, 0.5) is 5.69 Å². The molecule has 1 aromatic carbocycles. The van der Waals surface area contributed by atoms with Crippen LogP contribution in [0.15, 0.2) is 24.3 Å². The quantitative estimate of drug-likeness (QED) is 0.720. The molecule has 4 N–H and O–H groups in total. The van der Waals surface area contributed by atoms with Crippen molar-refractivity contribution in [2.45, 2.75) is 19.4 Å². The van der Waals surface area contributed by atoms with E-state index in [9.17, 15) is 9.59 Å². The largest absolute Gasteiger partial charge is 0.369 e. The number of carbonyl (C=O) groups is 2. The number of amides is 2. The molecule has 0 saturated carbocycles. The maximum atomic E-state index is 11.5. The molecule has 23 heavy (non-hydrogen) atoms. The van der Waals surface area contributed by atoms with E-state index in [1.807, 2.05) is 24.3 Å². The van der Waals surface area contributed by atoms with E-state index in [4.69, 9.17) is 5.73 Å². The number of hydrogen-bond acceptors (Lipinski definition) is 4. The molecular weight excluding hydrogens is 316 g/mol. The molecule has 0 bridgehead atoms. The van der Waals surface area contributed by atoms with Gasteiger partial charge < -0.3 is 16.4 Å². The minimum atomic E-state index is -0.202. The molecule has 128 valence electrons. The van der Waals surface area contributed by atoms with Crippen molar-refractivity contribution in [3.63, 3.8) is 0 Å². The molecule has 6 nitrogen and oxygen atoms in total. The van der Waals surface area contributed by atoms with Crippen LogP contribution in [-0.2, 0) is 16.1 Å². The zero-order chi connectivity index (χ0) is 15.9. The van der Waals surface area contributed by atoms with E-state index >= 15 is 0 Å². The van der Waals surface area contributed by atoms with Crippen LogP contribution in [0.1, 0.15) is 18.4 Å². The number of hydrogen-bond donors (Lipinski definition) is 3. The van der Waals surface area contributed by atoms with Gasteiger partial charge in [0.05, 0.1) is 12.5 Å². The highest BCUT2D eigenvalue weighted by Gasteiger charge is 2.23. The average molecular weight is 341 g/mol. The molecule has 1 saturated heterocycles. The summed E-state index contributed by atoms with van der Waals surface area (Å²) in [6.07, 6.45) is 1.90. The van der Waals surface area contributed by atoms with Crippen molar-refractivity contribution in [2.75, 3.05) is 32.0 Å². The normalized spacial score (nSPS) is 18.0. The molecule has 0 spiro atoms. The summed E-state index contributed by atoms with van der Waals surface area (Å²) in [6, 6.07) is 7.81. The van der Waals surface area contributed by atoms with Crippen LogP contribution in [0, 0.1) is 5.92 Å². The average Bonchev–Trinajstić information content (AvgIpc) is 2.50. The van der Waals surface area contributed by atoms with Crippen molar-refractivity contribution in [3.8, 4) is 0 Å². The highest BCUT2D eigenvalue weighted by atomic mass is 35.5. The van der Waals surface area contributed by atoms with Gasteiger partial charge in [0.2, 0.25) is 11.8 Å². The Bertz CT molecular complexity index is 521. The van der Waals surface area contributed by atoms with Crippen molar-refractivity contribution in [2.24, 2.45) is 11.7 Å². The van der Waals surface area contributed by atoms with Crippen LogP contribution >= 0.6 is 12.4 Å². The Labute approximate surface area is 143 Å². The van der Waals surface area contributed by atoms with Gasteiger partial charge in [0.15, 0.2) is 0 Å². The van der Waals surface area contributed by atoms with Crippen LogP contribution in [0.3, 0.4) is 0 Å². The van der Waals surface area contributed by atoms with E-state index < -0.39 is 0 Å². The molecule has 2 rings (SSSR count). The van der Waals surface area contributed by atoms with Crippen LogP contribution in [0.2, 0.25) is 0 Å². The molecule has 7 heteroatoms. The predicted octanol–water partition coefficient (Wildman–Crippen LogP) is 0.964. The Kier molecular flexibility index (Phi) is 8.02. The lowest BCUT2D eigenvalue weighted by Gasteiger charge is -2.31. The maximum Gasteiger partial charge on any atom is 0.238 e. The Hall–Kier alpha value is -1.63. The number of rotatable bonds is 6. The summed E-state index contributed by atoms with van der Waals surface area (Å²) in [4.78, 5) is 25.0. The van der Waals surface area contributed by atoms with E-state index in [0.717, 1.165) is 43.7 Å². The van der Waals surface area contributed by atoms with Gasteiger partial charge in [-0.15, -0.1) is 12.4 Å². The lowest BCUT2D eigenvalue weighted by atomic mass is 9.97. The van der Waals surface area contributed by atoms with Gasteiger partial charge in [0, 0.05) is 18.8 Å². The summed E-state index contributed by atoms with van der Waals surface area (Å²) < 4.78 is 0.